The second-order valence-corrected chi connectivity index (χ2v) is 5.89. The maximum absolute atomic E-state index is 11.3. The summed E-state index contributed by atoms with van der Waals surface area (Å²) in [5.74, 6) is -1.19. The standard InChI is InChI=1S/C14H13BrO2S/c15-12-8-9-18-13(12)7-6-11(14(16)17)10-4-2-1-3-5-10/h1-5,8-9,11H,6-7H2,(H,16,17). The zero-order valence-electron chi connectivity index (χ0n) is 9.67. The van der Waals surface area contributed by atoms with Gasteiger partial charge in [-0.1, -0.05) is 30.3 Å². The molecular formula is C14H13BrO2S. The van der Waals surface area contributed by atoms with E-state index in [0.717, 1.165) is 16.5 Å². The van der Waals surface area contributed by atoms with Gasteiger partial charge in [0.15, 0.2) is 0 Å². The molecule has 2 aromatic rings. The van der Waals surface area contributed by atoms with E-state index in [9.17, 15) is 9.90 Å². The molecule has 0 spiro atoms. The van der Waals surface area contributed by atoms with Crippen molar-refractivity contribution >= 4 is 33.2 Å². The van der Waals surface area contributed by atoms with Crippen LogP contribution >= 0.6 is 27.3 Å². The number of carboxylic acid groups (broad SMARTS) is 1. The highest BCUT2D eigenvalue weighted by Gasteiger charge is 2.19. The van der Waals surface area contributed by atoms with E-state index in [2.05, 4.69) is 15.9 Å². The fourth-order valence-corrected chi connectivity index (χ4v) is 3.47. The number of carboxylic acids is 1. The van der Waals surface area contributed by atoms with Gasteiger partial charge in [0, 0.05) is 9.35 Å². The fraction of sp³-hybridized carbons (Fsp3) is 0.214. The lowest BCUT2D eigenvalue weighted by atomic mass is 9.94. The summed E-state index contributed by atoms with van der Waals surface area (Å²) < 4.78 is 1.07. The molecule has 0 saturated heterocycles. The predicted octanol–water partition coefficient (Wildman–Crippen LogP) is 4.31. The number of hydrogen-bond acceptors (Lipinski definition) is 2. The van der Waals surface area contributed by atoms with Gasteiger partial charge >= 0.3 is 5.97 Å². The Labute approximate surface area is 118 Å². The smallest absolute Gasteiger partial charge is 0.310 e. The second kappa shape index (κ2) is 6.16. The normalized spacial score (nSPS) is 12.3. The summed E-state index contributed by atoms with van der Waals surface area (Å²) in [7, 11) is 0. The van der Waals surface area contributed by atoms with E-state index >= 15 is 0 Å². The molecule has 0 fully saturated rings. The number of benzene rings is 1. The minimum atomic E-state index is -0.756. The maximum atomic E-state index is 11.3. The van der Waals surface area contributed by atoms with Crippen LogP contribution in [0.4, 0.5) is 0 Å². The van der Waals surface area contributed by atoms with Crippen molar-refractivity contribution in [3.63, 3.8) is 0 Å². The Bertz CT molecular complexity index is 522. The van der Waals surface area contributed by atoms with E-state index in [1.165, 1.54) is 4.88 Å². The van der Waals surface area contributed by atoms with Gasteiger partial charge in [-0.2, -0.15) is 0 Å². The van der Waals surface area contributed by atoms with Crippen LogP contribution in [0.5, 0.6) is 0 Å². The maximum Gasteiger partial charge on any atom is 0.310 e. The molecule has 4 heteroatoms. The Morgan fingerprint density at radius 2 is 2.00 bits per heavy atom. The lowest BCUT2D eigenvalue weighted by Gasteiger charge is -2.12. The van der Waals surface area contributed by atoms with Crippen LogP contribution < -0.4 is 0 Å². The molecule has 0 radical (unpaired) electrons. The third kappa shape index (κ3) is 3.21. The first-order chi connectivity index (χ1) is 8.68. The van der Waals surface area contributed by atoms with Crippen molar-refractivity contribution < 1.29 is 9.90 Å². The molecule has 0 aliphatic carbocycles. The average molecular weight is 325 g/mol. The van der Waals surface area contributed by atoms with Crippen LogP contribution in [0.1, 0.15) is 22.8 Å². The van der Waals surface area contributed by atoms with Crippen molar-refractivity contribution in [2.45, 2.75) is 18.8 Å². The van der Waals surface area contributed by atoms with Gasteiger partial charge in [-0.05, 0) is 45.8 Å². The van der Waals surface area contributed by atoms with Crippen molar-refractivity contribution in [3.05, 3.63) is 56.7 Å². The van der Waals surface area contributed by atoms with Gasteiger partial charge in [0.05, 0.1) is 5.92 Å². The first kappa shape index (κ1) is 13.3. The number of aliphatic carboxylic acids is 1. The molecule has 1 N–H and O–H groups in total. The number of carbonyl (C=O) groups is 1. The highest BCUT2D eigenvalue weighted by Crippen LogP contribution is 2.28. The molecule has 1 unspecified atom stereocenters. The number of aryl methyl sites for hydroxylation is 1. The number of rotatable bonds is 5. The molecule has 1 aromatic heterocycles. The monoisotopic (exact) mass is 324 g/mol. The predicted molar refractivity (Wildman–Crippen MR) is 77.2 cm³/mol. The van der Waals surface area contributed by atoms with Gasteiger partial charge in [-0.3, -0.25) is 4.79 Å². The van der Waals surface area contributed by atoms with Crippen LogP contribution in [0, 0.1) is 0 Å². The summed E-state index contributed by atoms with van der Waals surface area (Å²) in [6.45, 7) is 0. The van der Waals surface area contributed by atoms with Crippen molar-refractivity contribution in [1.29, 1.82) is 0 Å². The first-order valence-electron chi connectivity index (χ1n) is 5.68. The van der Waals surface area contributed by atoms with Crippen LogP contribution in [0.3, 0.4) is 0 Å². The molecule has 0 amide bonds. The summed E-state index contributed by atoms with van der Waals surface area (Å²) in [5.41, 5.74) is 0.873. The van der Waals surface area contributed by atoms with Crippen molar-refractivity contribution in [2.24, 2.45) is 0 Å². The van der Waals surface area contributed by atoms with Crippen LogP contribution in [0.25, 0.3) is 0 Å². The minimum Gasteiger partial charge on any atom is -0.481 e. The minimum absolute atomic E-state index is 0.430. The molecule has 1 aromatic carbocycles. The Hall–Kier alpha value is -1.13. The van der Waals surface area contributed by atoms with Gasteiger partial charge < -0.3 is 5.11 Å². The van der Waals surface area contributed by atoms with Crippen molar-refractivity contribution in [3.8, 4) is 0 Å². The molecule has 0 saturated carbocycles. The molecule has 18 heavy (non-hydrogen) atoms. The summed E-state index contributed by atoms with van der Waals surface area (Å²) in [6, 6.07) is 11.4. The van der Waals surface area contributed by atoms with E-state index in [0.29, 0.717) is 6.42 Å². The van der Waals surface area contributed by atoms with Crippen LogP contribution in [0.15, 0.2) is 46.3 Å². The number of thiophene rings is 1. The highest BCUT2D eigenvalue weighted by atomic mass is 79.9. The summed E-state index contributed by atoms with van der Waals surface area (Å²) >= 11 is 5.13. The van der Waals surface area contributed by atoms with Crippen LogP contribution in [0.2, 0.25) is 0 Å². The quantitative estimate of drug-likeness (QED) is 0.889. The van der Waals surface area contributed by atoms with Gasteiger partial charge in [-0.15, -0.1) is 11.3 Å². The molecule has 1 heterocycles. The van der Waals surface area contributed by atoms with Crippen molar-refractivity contribution in [2.75, 3.05) is 0 Å². The van der Waals surface area contributed by atoms with E-state index in [1.54, 1.807) is 11.3 Å². The second-order valence-electron chi connectivity index (χ2n) is 4.03. The van der Waals surface area contributed by atoms with Crippen LogP contribution in [-0.4, -0.2) is 11.1 Å². The molecule has 94 valence electrons. The number of hydrogen-bond donors (Lipinski definition) is 1. The molecule has 1 atom stereocenters. The van der Waals surface area contributed by atoms with Crippen molar-refractivity contribution in [1.82, 2.24) is 0 Å². The van der Waals surface area contributed by atoms with Gasteiger partial charge in [0.2, 0.25) is 0 Å². The Morgan fingerprint density at radius 3 is 2.56 bits per heavy atom. The highest BCUT2D eigenvalue weighted by molar-refractivity contribution is 9.10. The van der Waals surface area contributed by atoms with Crippen LogP contribution in [-0.2, 0) is 11.2 Å². The molecule has 0 bridgehead atoms. The third-order valence-corrected chi connectivity index (χ3v) is 4.84. The van der Waals surface area contributed by atoms with E-state index in [4.69, 9.17) is 0 Å². The number of halogens is 1. The molecular weight excluding hydrogens is 312 g/mol. The summed E-state index contributed by atoms with van der Waals surface area (Å²) in [5, 5.41) is 11.3. The lowest BCUT2D eigenvalue weighted by Crippen LogP contribution is -2.12. The molecule has 0 aliphatic heterocycles. The Balaban J connectivity index is 2.09. The van der Waals surface area contributed by atoms with Gasteiger partial charge in [0.1, 0.15) is 0 Å². The van der Waals surface area contributed by atoms with E-state index < -0.39 is 11.9 Å². The van der Waals surface area contributed by atoms with E-state index in [-0.39, 0.29) is 0 Å². The SMILES string of the molecule is O=C(O)C(CCc1sccc1Br)c1ccccc1. The lowest BCUT2D eigenvalue weighted by molar-refractivity contribution is -0.138. The molecule has 2 nitrogen and oxygen atoms in total. The molecule has 0 aliphatic rings. The zero-order valence-corrected chi connectivity index (χ0v) is 12.1. The third-order valence-electron chi connectivity index (χ3n) is 2.85. The fourth-order valence-electron chi connectivity index (χ4n) is 1.90. The largest absolute Gasteiger partial charge is 0.481 e. The first-order valence-corrected chi connectivity index (χ1v) is 7.35. The Morgan fingerprint density at radius 1 is 1.28 bits per heavy atom. The average Bonchev–Trinajstić information content (AvgIpc) is 2.76. The molecule has 2 rings (SSSR count). The zero-order chi connectivity index (χ0) is 13.0. The topological polar surface area (TPSA) is 37.3 Å². The Kier molecular flexibility index (Phi) is 4.55. The summed E-state index contributed by atoms with van der Waals surface area (Å²) in [4.78, 5) is 12.5. The van der Waals surface area contributed by atoms with Gasteiger partial charge in [-0.25, -0.2) is 0 Å². The van der Waals surface area contributed by atoms with E-state index in [1.807, 2.05) is 41.8 Å². The summed E-state index contributed by atoms with van der Waals surface area (Å²) in [6.07, 6.45) is 1.41. The van der Waals surface area contributed by atoms with Gasteiger partial charge in [0.25, 0.3) is 0 Å².